The molecule has 0 bridgehead atoms. The maximum Gasteiger partial charge on any atom is 0.354 e. The summed E-state index contributed by atoms with van der Waals surface area (Å²) < 4.78 is 5.18. The van der Waals surface area contributed by atoms with Crippen molar-refractivity contribution in [1.29, 1.82) is 0 Å². The third-order valence-electron chi connectivity index (χ3n) is 2.04. The second-order valence-corrected chi connectivity index (χ2v) is 2.91. The van der Waals surface area contributed by atoms with E-state index in [1.54, 1.807) is 0 Å². The fraction of sp³-hybridized carbons (Fsp3) is 0.333. The quantitative estimate of drug-likeness (QED) is 0.767. The molecular formula is C9H10ClNO3. The number of pyridine rings is 1. The molecule has 1 N–H and O–H groups in total. The van der Waals surface area contributed by atoms with Gasteiger partial charge in [0.05, 0.1) is 18.9 Å². The third-order valence-corrected chi connectivity index (χ3v) is 2.04. The van der Waals surface area contributed by atoms with E-state index in [0.29, 0.717) is 13.2 Å². The first-order valence-corrected chi connectivity index (χ1v) is 4.07. The van der Waals surface area contributed by atoms with E-state index in [0.717, 1.165) is 17.7 Å². The number of ether oxygens (including phenoxy) is 1. The highest BCUT2D eigenvalue weighted by atomic mass is 35.5. The van der Waals surface area contributed by atoms with Crippen LogP contribution in [-0.4, -0.2) is 22.7 Å². The van der Waals surface area contributed by atoms with Gasteiger partial charge in [0.25, 0.3) is 0 Å². The Bertz CT molecular complexity index is 354. The van der Waals surface area contributed by atoms with Gasteiger partial charge in [-0.25, -0.2) is 9.78 Å². The molecular weight excluding hydrogens is 206 g/mol. The molecule has 0 saturated heterocycles. The van der Waals surface area contributed by atoms with Gasteiger partial charge < -0.3 is 9.84 Å². The number of hydrogen-bond donors (Lipinski definition) is 1. The van der Waals surface area contributed by atoms with Crippen LogP contribution in [0.2, 0.25) is 0 Å². The van der Waals surface area contributed by atoms with Gasteiger partial charge in [0.1, 0.15) is 5.69 Å². The van der Waals surface area contributed by atoms with Crippen LogP contribution in [0.1, 0.15) is 21.7 Å². The predicted octanol–water partition coefficient (Wildman–Crippen LogP) is 1.27. The van der Waals surface area contributed by atoms with E-state index in [2.05, 4.69) is 4.98 Å². The zero-order valence-electron chi connectivity index (χ0n) is 7.40. The van der Waals surface area contributed by atoms with Crippen LogP contribution in [0.25, 0.3) is 0 Å². The lowest BCUT2D eigenvalue weighted by Crippen LogP contribution is -2.14. The number of carboxylic acid groups (broad SMARTS) is 1. The molecule has 0 amide bonds. The molecule has 4 nitrogen and oxygen atoms in total. The molecule has 1 aromatic heterocycles. The van der Waals surface area contributed by atoms with E-state index in [1.807, 2.05) is 6.07 Å². The molecule has 0 aromatic carbocycles. The summed E-state index contributed by atoms with van der Waals surface area (Å²) in [5.41, 5.74) is 1.94. The van der Waals surface area contributed by atoms with Crippen LogP contribution >= 0.6 is 12.4 Å². The lowest BCUT2D eigenvalue weighted by Gasteiger charge is -2.14. The molecule has 1 aliphatic rings. The predicted molar refractivity (Wildman–Crippen MR) is 51.8 cm³/mol. The SMILES string of the molecule is Cl.O=C(O)c1ccc2c(n1)COCC2. The Morgan fingerprint density at radius 2 is 2.29 bits per heavy atom. The minimum Gasteiger partial charge on any atom is -0.477 e. The van der Waals surface area contributed by atoms with E-state index in [9.17, 15) is 4.79 Å². The van der Waals surface area contributed by atoms with Gasteiger partial charge in [-0.15, -0.1) is 12.4 Å². The van der Waals surface area contributed by atoms with Gasteiger partial charge in [-0.3, -0.25) is 0 Å². The third kappa shape index (κ3) is 2.02. The Morgan fingerprint density at radius 3 is 3.00 bits per heavy atom. The van der Waals surface area contributed by atoms with Crippen molar-refractivity contribution in [3.63, 3.8) is 0 Å². The second-order valence-electron chi connectivity index (χ2n) is 2.91. The van der Waals surface area contributed by atoms with E-state index < -0.39 is 5.97 Å². The summed E-state index contributed by atoms with van der Waals surface area (Å²) in [7, 11) is 0. The highest BCUT2D eigenvalue weighted by Gasteiger charge is 2.13. The maximum atomic E-state index is 10.6. The van der Waals surface area contributed by atoms with Gasteiger partial charge in [0, 0.05) is 0 Å². The molecule has 0 radical (unpaired) electrons. The minimum atomic E-state index is -0.992. The van der Waals surface area contributed by atoms with Crippen LogP contribution in [0.15, 0.2) is 12.1 Å². The largest absolute Gasteiger partial charge is 0.477 e. The molecule has 5 heteroatoms. The molecule has 1 aliphatic heterocycles. The van der Waals surface area contributed by atoms with Crippen LogP contribution in [-0.2, 0) is 17.8 Å². The molecule has 2 heterocycles. The molecule has 14 heavy (non-hydrogen) atoms. The van der Waals surface area contributed by atoms with Crippen molar-refractivity contribution in [2.45, 2.75) is 13.0 Å². The average molecular weight is 216 g/mol. The Labute approximate surface area is 87.3 Å². The summed E-state index contributed by atoms with van der Waals surface area (Å²) in [5, 5.41) is 8.68. The monoisotopic (exact) mass is 215 g/mol. The molecule has 0 spiro atoms. The summed E-state index contributed by atoms with van der Waals surface area (Å²) in [6.45, 7) is 1.12. The smallest absolute Gasteiger partial charge is 0.354 e. The van der Waals surface area contributed by atoms with Gasteiger partial charge in [0.15, 0.2) is 0 Å². The number of aromatic nitrogens is 1. The summed E-state index contributed by atoms with van der Waals surface area (Å²) in [6.07, 6.45) is 0.822. The number of nitrogens with zero attached hydrogens (tertiary/aromatic N) is 1. The Morgan fingerprint density at radius 1 is 1.50 bits per heavy atom. The van der Waals surface area contributed by atoms with Crippen LogP contribution in [0, 0.1) is 0 Å². The Balaban J connectivity index is 0.000000980. The van der Waals surface area contributed by atoms with Gasteiger partial charge >= 0.3 is 5.97 Å². The number of carbonyl (C=O) groups is 1. The number of hydrogen-bond acceptors (Lipinski definition) is 3. The summed E-state index contributed by atoms with van der Waals surface area (Å²) in [5.74, 6) is -0.992. The van der Waals surface area contributed by atoms with E-state index in [4.69, 9.17) is 9.84 Å². The molecule has 0 unspecified atom stereocenters. The van der Waals surface area contributed by atoms with Crippen molar-refractivity contribution in [3.05, 3.63) is 29.1 Å². The van der Waals surface area contributed by atoms with Gasteiger partial charge in [0.2, 0.25) is 0 Å². The van der Waals surface area contributed by atoms with Crippen LogP contribution in [0.5, 0.6) is 0 Å². The topological polar surface area (TPSA) is 59.4 Å². The van der Waals surface area contributed by atoms with Crippen molar-refractivity contribution < 1.29 is 14.6 Å². The van der Waals surface area contributed by atoms with Crippen molar-refractivity contribution in [2.75, 3.05) is 6.61 Å². The minimum absolute atomic E-state index is 0. The van der Waals surface area contributed by atoms with E-state index in [1.165, 1.54) is 6.07 Å². The lowest BCUT2D eigenvalue weighted by atomic mass is 10.1. The molecule has 2 rings (SSSR count). The van der Waals surface area contributed by atoms with Crippen LogP contribution in [0.3, 0.4) is 0 Å². The molecule has 0 fully saturated rings. The first-order valence-electron chi connectivity index (χ1n) is 4.07. The standard InChI is InChI=1S/C9H9NO3.ClH/c11-9(12)7-2-1-6-3-4-13-5-8(6)10-7;/h1-2H,3-5H2,(H,11,12);1H. The van der Waals surface area contributed by atoms with Gasteiger partial charge in [-0.1, -0.05) is 6.07 Å². The van der Waals surface area contributed by atoms with E-state index in [-0.39, 0.29) is 18.1 Å². The van der Waals surface area contributed by atoms with Crippen molar-refractivity contribution in [2.24, 2.45) is 0 Å². The molecule has 0 atom stereocenters. The molecule has 76 valence electrons. The summed E-state index contributed by atoms with van der Waals surface area (Å²) in [6, 6.07) is 3.35. The van der Waals surface area contributed by atoms with Crippen molar-refractivity contribution in [3.8, 4) is 0 Å². The highest BCUT2D eigenvalue weighted by molar-refractivity contribution is 5.85. The van der Waals surface area contributed by atoms with E-state index >= 15 is 0 Å². The zero-order valence-corrected chi connectivity index (χ0v) is 8.21. The average Bonchev–Trinajstić information content (AvgIpc) is 2.17. The van der Waals surface area contributed by atoms with Crippen LogP contribution in [0.4, 0.5) is 0 Å². The van der Waals surface area contributed by atoms with Gasteiger partial charge in [-0.2, -0.15) is 0 Å². The normalized spacial score (nSPS) is 14.0. The fourth-order valence-corrected chi connectivity index (χ4v) is 1.35. The number of rotatable bonds is 1. The maximum absolute atomic E-state index is 10.6. The van der Waals surface area contributed by atoms with Crippen molar-refractivity contribution in [1.82, 2.24) is 4.98 Å². The number of carboxylic acids is 1. The number of fused-ring (bicyclic) bond motifs is 1. The van der Waals surface area contributed by atoms with Crippen molar-refractivity contribution >= 4 is 18.4 Å². The molecule has 0 aliphatic carbocycles. The fourth-order valence-electron chi connectivity index (χ4n) is 1.35. The Hall–Kier alpha value is -1.13. The molecule has 1 aromatic rings. The summed E-state index contributed by atoms with van der Waals surface area (Å²) in [4.78, 5) is 14.6. The van der Waals surface area contributed by atoms with Gasteiger partial charge in [-0.05, 0) is 18.1 Å². The second kappa shape index (κ2) is 4.39. The zero-order chi connectivity index (χ0) is 9.26. The number of aromatic carboxylic acids is 1. The Kier molecular flexibility index (Phi) is 3.43. The number of halogens is 1. The summed E-state index contributed by atoms with van der Waals surface area (Å²) >= 11 is 0. The molecule has 0 saturated carbocycles. The van der Waals surface area contributed by atoms with Crippen LogP contribution < -0.4 is 0 Å². The first kappa shape index (κ1) is 10.9. The lowest BCUT2D eigenvalue weighted by molar-refractivity contribution is 0.0687. The highest BCUT2D eigenvalue weighted by Crippen LogP contribution is 2.14. The first-order chi connectivity index (χ1) is 6.27.